The normalized spacial score (nSPS) is 12.7. The Morgan fingerprint density at radius 1 is 1.19 bits per heavy atom. The molecule has 1 atom stereocenters. The van der Waals surface area contributed by atoms with Gasteiger partial charge in [0.15, 0.2) is 0 Å². The third-order valence-electron chi connectivity index (χ3n) is 3.62. The highest BCUT2D eigenvalue weighted by Crippen LogP contribution is 2.26. The van der Waals surface area contributed by atoms with E-state index in [9.17, 15) is 0 Å². The molecule has 2 aromatic heterocycles. The number of alkyl halides is 1. The standard InChI is InChI=1S/C16H15Cl2N3/c1-11(12-2-4-13(18)5-3-12)21-15-7-9-19-10-14(15)20-16(21)6-8-17/h2-5,7,9-11H,6,8H2,1H3. The molecule has 3 rings (SSSR count). The number of imidazole rings is 1. The summed E-state index contributed by atoms with van der Waals surface area (Å²) in [6.07, 6.45) is 4.31. The first-order chi connectivity index (χ1) is 10.2. The highest BCUT2D eigenvalue weighted by molar-refractivity contribution is 6.30. The van der Waals surface area contributed by atoms with Crippen molar-refractivity contribution in [2.45, 2.75) is 19.4 Å². The van der Waals surface area contributed by atoms with E-state index in [2.05, 4.69) is 21.5 Å². The van der Waals surface area contributed by atoms with Crippen molar-refractivity contribution in [3.8, 4) is 0 Å². The van der Waals surface area contributed by atoms with E-state index in [0.29, 0.717) is 5.88 Å². The minimum atomic E-state index is 0.160. The molecule has 1 unspecified atom stereocenters. The molecule has 108 valence electrons. The fourth-order valence-corrected chi connectivity index (χ4v) is 2.88. The van der Waals surface area contributed by atoms with Gasteiger partial charge in [-0.25, -0.2) is 4.98 Å². The summed E-state index contributed by atoms with van der Waals surface area (Å²) in [5, 5.41) is 0.742. The van der Waals surface area contributed by atoms with Crippen LogP contribution >= 0.6 is 23.2 Å². The fraction of sp³-hybridized carbons (Fsp3) is 0.250. The van der Waals surface area contributed by atoms with Gasteiger partial charge in [0.25, 0.3) is 0 Å². The Labute approximate surface area is 133 Å². The number of hydrogen-bond donors (Lipinski definition) is 0. The highest BCUT2D eigenvalue weighted by atomic mass is 35.5. The maximum absolute atomic E-state index is 5.97. The van der Waals surface area contributed by atoms with Crippen LogP contribution in [-0.4, -0.2) is 20.4 Å². The lowest BCUT2D eigenvalue weighted by atomic mass is 10.1. The van der Waals surface area contributed by atoms with Crippen molar-refractivity contribution >= 4 is 34.2 Å². The first-order valence-corrected chi connectivity index (χ1v) is 7.74. The topological polar surface area (TPSA) is 30.7 Å². The highest BCUT2D eigenvalue weighted by Gasteiger charge is 2.16. The lowest BCUT2D eigenvalue weighted by Gasteiger charge is -2.18. The zero-order valence-corrected chi connectivity index (χ0v) is 13.1. The third kappa shape index (κ3) is 2.76. The zero-order valence-electron chi connectivity index (χ0n) is 11.6. The molecule has 21 heavy (non-hydrogen) atoms. The number of benzene rings is 1. The largest absolute Gasteiger partial charge is 0.321 e. The molecule has 5 heteroatoms. The van der Waals surface area contributed by atoms with E-state index in [1.54, 1.807) is 12.4 Å². The number of aryl methyl sites for hydroxylation is 1. The molecule has 2 heterocycles. The number of pyridine rings is 1. The van der Waals surface area contributed by atoms with Crippen molar-refractivity contribution in [2.75, 3.05) is 5.88 Å². The average Bonchev–Trinajstić information content (AvgIpc) is 2.85. The van der Waals surface area contributed by atoms with Gasteiger partial charge in [0.05, 0.1) is 17.8 Å². The summed E-state index contributed by atoms with van der Waals surface area (Å²) in [5.41, 5.74) is 3.16. The zero-order chi connectivity index (χ0) is 14.8. The summed E-state index contributed by atoms with van der Waals surface area (Å²) in [5.74, 6) is 1.53. The second-order valence-corrected chi connectivity index (χ2v) is 5.74. The van der Waals surface area contributed by atoms with Crippen molar-refractivity contribution in [1.29, 1.82) is 0 Å². The van der Waals surface area contributed by atoms with Crippen LogP contribution in [0, 0.1) is 0 Å². The molecular formula is C16H15Cl2N3. The molecule has 0 radical (unpaired) electrons. The number of hydrogen-bond acceptors (Lipinski definition) is 2. The Balaban J connectivity index is 2.13. The Bertz CT molecular complexity index is 750. The summed E-state index contributed by atoms with van der Waals surface area (Å²) < 4.78 is 2.22. The van der Waals surface area contributed by atoms with E-state index in [1.165, 1.54) is 5.56 Å². The number of fused-ring (bicyclic) bond motifs is 1. The molecule has 0 aliphatic carbocycles. The lowest BCUT2D eigenvalue weighted by Crippen LogP contribution is -2.11. The molecule has 1 aromatic carbocycles. The van der Waals surface area contributed by atoms with Crippen LogP contribution in [0.2, 0.25) is 5.02 Å². The van der Waals surface area contributed by atoms with Gasteiger partial charge in [-0.2, -0.15) is 0 Å². The summed E-state index contributed by atoms with van der Waals surface area (Å²) >= 11 is 11.9. The monoisotopic (exact) mass is 319 g/mol. The third-order valence-corrected chi connectivity index (χ3v) is 4.06. The van der Waals surface area contributed by atoms with Crippen molar-refractivity contribution in [3.63, 3.8) is 0 Å². The van der Waals surface area contributed by atoms with Crippen molar-refractivity contribution in [3.05, 3.63) is 59.1 Å². The van der Waals surface area contributed by atoms with Crippen molar-refractivity contribution in [2.24, 2.45) is 0 Å². The molecule has 0 fully saturated rings. The van der Waals surface area contributed by atoms with Gasteiger partial charge in [0, 0.05) is 23.5 Å². The SMILES string of the molecule is CC(c1ccc(Cl)cc1)n1c(CCCl)nc2cnccc21. The van der Waals surface area contributed by atoms with Crippen LogP contribution in [0.15, 0.2) is 42.7 Å². The fourth-order valence-electron chi connectivity index (χ4n) is 2.58. The molecule has 0 saturated heterocycles. The molecule has 0 amide bonds. The first kappa shape index (κ1) is 14.4. The van der Waals surface area contributed by atoms with Crippen LogP contribution in [0.3, 0.4) is 0 Å². The van der Waals surface area contributed by atoms with Crippen molar-refractivity contribution < 1.29 is 0 Å². The molecule has 3 nitrogen and oxygen atoms in total. The molecule has 3 aromatic rings. The van der Waals surface area contributed by atoms with E-state index in [-0.39, 0.29) is 6.04 Å². The van der Waals surface area contributed by atoms with Gasteiger partial charge in [0.1, 0.15) is 11.3 Å². The maximum Gasteiger partial charge on any atom is 0.111 e. The number of rotatable bonds is 4. The van der Waals surface area contributed by atoms with Gasteiger partial charge >= 0.3 is 0 Å². The van der Waals surface area contributed by atoms with E-state index in [4.69, 9.17) is 23.2 Å². The van der Waals surface area contributed by atoms with Crippen LogP contribution in [-0.2, 0) is 6.42 Å². The van der Waals surface area contributed by atoms with Crippen LogP contribution in [0.1, 0.15) is 24.4 Å². The van der Waals surface area contributed by atoms with Crippen LogP contribution < -0.4 is 0 Å². The van der Waals surface area contributed by atoms with Gasteiger partial charge in [-0.15, -0.1) is 11.6 Å². The van der Waals surface area contributed by atoms with E-state index in [0.717, 1.165) is 28.3 Å². The van der Waals surface area contributed by atoms with E-state index < -0.39 is 0 Å². The van der Waals surface area contributed by atoms with E-state index >= 15 is 0 Å². The summed E-state index contributed by atoms with van der Waals surface area (Å²) in [7, 11) is 0. The predicted octanol–water partition coefficient (Wildman–Crippen LogP) is 4.48. The Hall–Kier alpha value is -1.58. The van der Waals surface area contributed by atoms with Gasteiger partial charge in [-0.3, -0.25) is 4.98 Å². The Morgan fingerprint density at radius 2 is 1.95 bits per heavy atom. The van der Waals surface area contributed by atoms with E-state index in [1.807, 2.05) is 30.3 Å². The smallest absolute Gasteiger partial charge is 0.111 e. The summed E-state index contributed by atoms with van der Waals surface area (Å²) in [6, 6.07) is 10.1. The quantitative estimate of drug-likeness (QED) is 0.664. The summed E-state index contributed by atoms with van der Waals surface area (Å²) in [4.78, 5) is 8.80. The first-order valence-electron chi connectivity index (χ1n) is 6.83. The number of halogens is 2. The van der Waals surface area contributed by atoms with Gasteiger partial charge < -0.3 is 4.57 Å². The Kier molecular flexibility index (Phi) is 4.13. The molecule has 0 bridgehead atoms. The van der Waals surface area contributed by atoms with Crippen LogP contribution in [0.5, 0.6) is 0 Å². The molecular weight excluding hydrogens is 305 g/mol. The van der Waals surface area contributed by atoms with Crippen molar-refractivity contribution in [1.82, 2.24) is 14.5 Å². The predicted molar refractivity (Wildman–Crippen MR) is 87.2 cm³/mol. The number of nitrogens with zero attached hydrogens (tertiary/aromatic N) is 3. The molecule has 0 N–H and O–H groups in total. The minimum Gasteiger partial charge on any atom is -0.321 e. The molecule has 0 spiro atoms. The second-order valence-electron chi connectivity index (χ2n) is 4.93. The average molecular weight is 320 g/mol. The maximum atomic E-state index is 5.97. The second kappa shape index (κ2) is 6.04. The lowest BCUT2D eigenvalue weighted by molar-refractivity contribution is 0.624. The van der Waals surface area contributed by atoms with Gasteiger partial charge in [-0.1, -0.05) is 23.7 Å². The van der Waals surface area contributed by atoms with Crippen LogP contribution in [0.4, 0.5) is 0 Å². The molecule has 0 aliphatic heterocycles. The Morgan fingerprint density at radius 3 is 2.67 bits per heavy atom. The minimum absolute atomic E-state index is 0.160. The van der Waals surface area contributed by atoms with Gasteiger partial charge in [0.2, 0.25) is 0 Å². The summed E-state index contributed by atoms with van der Waals surface area (Å²) in [6.45, 7) is 2.16. The number of aromatic nitrogens is 3. The molecule has 0 saturated carbocycles. The van der Waals surface area contributed by atoms with Crippen LogP contribution in [0.25, 0.3) is 11.0 Å². The molecule has 0 aliphatic rings. The van der Waals surface area contributed by atoms with Gasteiger partial charge in [-0.05, 0) is 30.7 Å².